The van der Waals surface area contributed by atoms with Crippen LogP contribution in [0.2, 0.25) is 0 Å². The Morgan fingerprint density at radius 2 is 1.56 bits per heavy atom. The van der Waals surface area contributed by atoms with Crippen molar-refractivity contribution in [2.24, 2.45) is 11.8 Å². The van der Waals surface area contributed by atoms with Gasteiger partial charge in [-0.05, 0) is 19.8 Å². The molecule has 18 heavy (non-hydrogen) atoms. The van der Waals surface area contributed by atoms with Crippen LogP contribution in [0.3, 0.4) is 0 Å². The normalized spacial score (nSPS) is 21.6. The van der Waals surface area contributed by atoms with Gasteiger partial charge < -0.3 is 14.9 Å². The third kappa shape index (κ3) is 2.63. The van der Waals surface area contributed by atoms with E-state index in [2.05, 4.69) is 0 Å². The van der Waals surface area contributed by atoms with Crippen molar-refractivity contribution in [2.75, 3.05) is 26.2 Å². The Labute approximate surface area is 106 Å². The summed E-state index contributed by atoms with van der Waals surface area (Å²) in [6, 6.07) is 0. The molecule has 1 unspecified atom stereocenters. The van der Waals surface area contributed by atoms with Gasteiger partial charge in [-0.2, -0.15) is 0 Å². The third-order valence-corrected chi connectivity index (χ3v) is 3.57. The van der Waals surface area contributed by atoms with E-state index < -0.39 is 11.9 Å². The van der Waals surface area contributed by atoms with Gasteiger partial charge in [0.15, 0.2) is 0 Å². The Hall–Kier alpha value is -1.59. The molecule has 1 N–H and O–H groups in total. The van der Waals surface area contributed by atoms with Gasteiger partial charge in [-0.25, -0.2) is 0 Å². The fraction of sp³-hybridized carbons (Fsp3) is 0.750. The monoisotopic (exact) mass is 254 g/mol. The number of aliphatic carboxylic acids is 1. The van der Waals surface area contributed by atoms with Crippen LogP contribution in [0.1, 0.15) is 19.8 Å². The number of nitrogens with zero attached hydrogens (tertiary/aromatic N) is 2. The Balaban J connectivity index is 1.84. The number of carboxylic acid groups (broad SMARTS) is 1. The Morgan fingerprint density at radius 3 is 2.00 bits per heavy atom. The van der Waals surface area contributed by atoms with E-state index in [4.69, 9.17) is 5.11 Å². The van der Waals surface area contributed by atoms with E-state index in [9.17, 15) is 14.4 Å². The molecule has 2 rings (SSSR count). The molecule has 1 saturated carbocycles. The maximum absolute atomic E-state index is 11.8. The van der Waals surface area contributed by atoms with Crippen molar-refractivity contribution in [1.82, 2.24) is 9.80 Å². The molecule has 1 heterocycles. The van der Waals surface area contributed by atoms with Gasteiger partial charge in [0.05, 0.1) is 0 Å². The standard InChI is InChI=1S/C12H18N2O4/c1-8(12(17)18)10(15)13-4-6-14(7-5-13)11(16)9-2-3-9/h8-9H,2-7H2,1H3,(H,17,18). The van der Waals surface area contributed by atoms with Crippen molar-refractivity contribution < 1.29 is 19.5 Å². The highest BCUT2D eigenvalue weighted by atomic mass is 16.4. The van der Waals surface area contributed by atoms with E-state index in [1.54, 1.807) is 4.90 Å². The summed E-state index contributed by atoms with van der Waals surface area (Å²) in [5, 5.41) is 8.79. The second-order valence-corrected chi connectivity index (χ2v) is 4.98. The van der Waals surface area contributed by atoms with Crippen LogP contribution in [-0.2, 0) is 14.4 Å². The van der Waals surface area contributed by atoms with Crippen LogP contribution in [0, 0.1) is 11.8 Å². The molecule has 2 aliphatic rings. The van der Waals surface area contributed by atoms with Crippen LogP contribution < -0.4 is 0 Å². The topological polar surface area (TPSA) is 77.9 Å². The second-order valence-electron chi connectivity index (χ2n) is 4.98. The summed E-state index contributed by atoms with van der Waals surface area (Å²) < 4.78 is 0. The SMILES string of the molecule is CC(C(=O)O)C(=O)N1CCN(C(=O)C2CC2)CC1. The number of carbonyl (C=O) groups is 3. The largest absolute Gasteiger partial charge is 0.481 e. The van der Waals surface area contributed by atoms with Gasteiger partial charge in [0, 0.05) is 32.1 Å². The first kappa shape index (κ1) is 12.9. The van der Waals surface area contributed by atoms with E-state index in [1.165, 1.54) is 11.8 Å². The molecule has 0 aromatic carbocycles. The van der Waals surface area contributed by atoms with Crippen LogP contribution >= 0.6 is 0 Å². The van der Waals surface area contributed by atoms with Crippen molar-refractivity contribution in [3.8, 4) is 0 Å². The van der Waals surface area contributed by atoms with Gasteiger partial charge in [-0.3, -0.25) is 14.4 Å². The summed E-state index contributed by atoms with van der Waals surface area (Å²) in [4.78, 5) is 37.7. The number of carbonyl (C=O) groups excluding carboxylic acids is 2. The third-order valence-electron chi connectivity index (χ3n) is 3.57. The quantitative estimate of drug-likeness (QED) is 0.707. The van der Waals surface area contributed by atoms with Crippen molar-refractivity contribution in [3.63, 3.8) is 0 Å². The van der Waals surface area contributed by atoms with Gasteiger partial charge in [0.1, 0.15) is 5.92 Å². The Kier molecular flexibility index (Phi) is 3.54. The minimum atomic E-state index is -1.10. The summed E-state index contributed by atoms with van der Waals surface area (Å²) in [6.07, 6.45) is 1.96. The van der Waals surface area contributed by atoms with E-state index >= 15 is 0 Å². The molecule has 0 spiro atoms. The van der Waals surface area contributed by atoms with Crippen LogP contribution in [0.4, 0.5) is 0 Å². The fourth-order valence-corrected chi connectivity index (χ4v) is 2.12. The van der Waals surface area contributed by atoms with E-state index in [1.807, 2.05) is 0 Å². The average Bonchev–Trinajstić information content (AvgIpc) is 3.20. The molecule has 6 heteroatoms. The molecule has 100 valence electrons. The van der Waals surface area contributed by atoms with E-state index in [-0.39, 0.29) is 17.7 Å². The molecule has 2 fully saturated rings. The number of hydrogen-bond donors (Lipinski definition) is 1. The molecule has 0 aromatic rings. The minimum absolute atomic E-state index is 0.188. The molecule has 1 aliphatic carbocycles. The molecule has 1 saturated heterocycles. The fourth-order valence-electron chi connectivity index (χ4n) is 2.12. The molecular weight excluding hydrogens is 236 g/mol. The zero-order chi connectivity index (χ0) is 13.3. The summed E-state index contributed by atoms with van der Waals surface area (Å²) >= 11 is 0. The molecule has 0 aromatic heterocycles. The molecule has 1 aliphatic heterocycles. The highest BCUT2D eigenvalue weighted by Crippen LogP contribution is 2.31. The van der Waals surface area contributed by atoms with Crippen LogP contribution in [0.5, 0.6) is 0 Å². The molecular formula is C12H18N2O4. The van der Waals surface area contributed by atoms with Gasteiger partial charge in [0.25, 0.3) is 0 Å². The lowest BCUT2D eigenvalue weighted by atomic mass is 10.1. The summed E-state index contributed by atoms with van der Waals surface area (Å²) in [6.45, 7) is 3.32. The van der Waals surface area contributed by atoms with Crippen LogP contribution in [0.25, 0.3) is 0 Å². The number of amides is 2. The predicted octanol–water partition coefficient (Wildman–Crippen LogP) is -0.212. The summed E-state index contributed by atoms with van der Waals surface area (Å²) in [5.41, 5.74) is 0. The smallest absolute Gasteiger partial charge is 0.315 e. The highest BCUT2D eigenvalue weighted by Gasteiger charge is 2.36. The first-order valence-corrected chi connectivity index (χ1v) is 6.31. The lowest BCUT2D eigenvalue weighted by molar-refractivity contribution is -0.152. The number of rotatable bonds is 3. The molecule has 6 nitrogen and oxygen atoms in total. The minimum Gasteiger partial charge on any atom is -0.481 e. The predicted molar refractivity (Wildman–Crippen MR) is 62.7 cm³/mol. The maximum Gasteiger partial charge on any atom is 0.315 e. The zero-order valence-electron chi connectivity index (χ0n) is 10.5. The molecule has 1 atom stereocenters. The summed E-state index contributed by atoms with van der Waals surface area (Å²) in [5.74, 6) is -2.08. The van der Waals surface area contributed by atoms with Crippen LogP contribution in [0.15, 0.2) is 0 Å². The lowest BCUT2D eigenvalue weighted by Crippen LogP contribution is -2.52. The second kappa shape index (κ2) is 4.96. The van der Waals surface area contributed by atoms with Crippen molar-refractivity contribution >= 4 is 17.8 Å². The molecule has 0 bridgehead atoms. The highest BCUT2D eigenvalue weighted by molar-refractivity contribution is 5.96. The average molecular weight is 254 g/mol. The van der Waals surface area contributed by atoms with Gasteiger partial charge in [0.2, 0.25) is 11.8 Å². The number of carboxylic acids is 1. The maximum atomic E-state index is 11.8. The first-order chi connectivity index (χ1) is 8.50. The Morgan fingerprint density at radius 1 is 1.06 bits per heavy atom. The lowest BCUT2D eigenvalue weighted by Gasteiger charge is -2.35. The summed E-state index contributed by atoms with van der Waals surface area (Å²) in [7, 11) is 0. The van der Waals surface area contributed by atoms with Crippen molar-refractivity contribution in [2.45, 2.75) is 19.8 Å². The molecule has 0 radical (unpaired) electrons. The van der Waals surface area contributed by atoms with E-state index in [0.29, 0.717) is 26.2 Å². The van der Waals surface area contributed by atoms with Crippen LogP contribution in [-0.4, -0.2) is 58.9 Å². The number of piperazine rings is 1. The van der Waals surface area contributed by atoms with Crippen molar-refractivity contribution in [3.05, 3.63) is 0 Å². The van der Waals surface area contributed by atoms with E-state index in [0.717, 1.165) is 12.8 Å². The van der Waals surface area contributed by atoms with Gasteiger partial charge in [-0.1, -0.05) is 0 Å². The molecule has 2 amide bonds. The number of hydrogen-bond acceptors (Lipinski definition) is 3. The van der Waals surface area contributed by atoms with Crippen molar-refractivity contribution in [1.29, 1.82) is 0 Å². The zero-order valence-corrected chi connectivity index (χ0v) is 10.5. The Bertz CT molecular complexity index is 370. The first-order valence-electron chi connectivity index (χ1n) is 6.31. The van der Waals surface area contributed by atoms with Gasteiger partial charge in [-0.15, -0.1) is 0 Å². The van der Waals surface area contributed by atoms with Gasteiger partial charge >= 0.3 is 5.97 Å².